The summed E-state index contributed by atoms with van der Waals surface area (Å²) in [4.78, 5) is 1.69. The molecular weight excluding hydrogens is 217 g/mol. The molecule has 0 aromatic rings. The van der Waals surface area contributed by atoms with Crippen LogP contribution in [-0.4, -0.2) is 37.3 Å². The average molecular weight is 238 g/mol. The zero-order chi connectivity index (χ0) is 12.2. The summed E-state index contributed by atoms with van der Waals surface area (Å²) in [6.07, 6.45) is -0.121. The Hall–Kier alpha value is -0.290. The van der Waals surface area contributed by atoms with Gasteiger partial charge in [0.1, 0.15) is 0 Å². The molecule has 1 unspecified atom stereocenters. The van der Waals surface area contributed by atoms with Gasteiger partial charge >= 0.3 is 6.18 Å². The van der Waals surface area contributed by atoms with Crippen LogP contribution in [0.5, 0.6) is 0 Å². The topological polar surface area (TPSA) is 29.3 Å². The molecule has 1 rings (SSSR count). The summed E-state index contributed by atoms with van der Waals surface area (Å²) in [5.74, 6) is 0.508. The monoisotopic (exact) mass is 238 g/mol. The Kier molecular flexibility index (Phi) is 5.05. The fourth-order valence-electron chi connectivity index (χ4n) is 2.30. The number of hydrogen-bond acceptors (Lipinski definition) is 2. The zero-order valence-corrected chi connectivity index (χ0v) is 9.76. The Labute approximate surface area is 95.0 Å². The molecule has 0 saturated heterocycles. The number of likely N-dealkylation sites (N-methyl/N-ethyl adjacent to an activating group) is 1. The molecule has 0 spiro atoms. The van der Waals surface area contributed by atoms with Crippen LogP contribution in [0.15, 0.2) is 0 Å². The molecule has 1 atom stereocenters. The maximum Gasteiger partial charge on any atom is 0.390 e. The van der Waals surface area contributed by atoms with Crippen molar-refractivity contribution in [2.75, 3.05) is 20.1 Å². The van der Waals surface area contributed by atoms with E-state index in [4.69, 9.17) is 5.73 Å². The highest BCUT2D eigenvalue weighted by molar-refractivity contribution is 4.80. The van der Waals surface area contributed by atoms with Crippen molar-refractivity contribution in [3.05, 3.63) is 0 Å². The first-order valence-electron chi connectivity index (χ1n) is 5.89. The molecule has 1 fully saturated rings. The summed E-state index contributed by atoms with van der Waals surface area (Å²) >= 11 is 0. The lowest BCUT2D eigenvalue weighted by Crippen LogP contribution is -2.41. The molecule has 2 nitrogen and oxygen atoms in total. The second-order valence-electron chi connectivity index (χ2n) is 4.84. The van der Waals surface area contributed by atoms with Crippen LogP contribution in [-0.2, 0) is 0 Å². The van der Waals surface area contributed by atoms with Gasteiger partial charge < -0.3 is 10.6 Å². The zero-order valence-electron chi connectivity index (χ0n) is 9.76. The van der Waals surface area contributed by atoms with Crippen LogP contribution in [0, 0.1) is 5.92 Å². The van der Waals surface area contributed by atoms with E-state index in [0.29, 0.717) is 12.5 Å². The van der Waals surface area contributed by atoms with Gasteiger partial charge in [0.15, 0.2) is 0 Å². The van der Waals surface area contributed by atoms with Gasteiger partial charge in [0.2, 0.25) is 0 Å². The molecule has 0 aliphatic heterocycles. The number of hydrogen-bond donors (Lipinski definition) is 1. The van der Waals surface area contributed by atoms with E-state index in [-0.39, 0.29) is 12.6 Å². The van der Waals surface area contributed by atoms with Crippen LogP contribution in [0.4, 0.5) is 13.2 Å². The van der Waals surface area contributed by atoms with E-state index in [2.05, 4.69) is 0 Å². The van der Waals surface area contributed by atoms with Crippen molar-refractivity contribution in [2.24, 2.45) is 11.7 Å². The molecule has 1 aliphatic rings. The van der Waals surface area contributed by atoms with Crippen LogP contribution < -0.4 is 5.73 Å². The quantitative estimate of drug-likeness (QED) is 0.797. The standard InChI is InChI=1S/C11H21F3N2/c1-16(7-6-11(12,13)14)8-10(15)9-4-2-3-5-9/h9-10H,2-8,15H2,1H3. The Morgan fingerprint density at radius 2 is 1.88 bits per heavy atom. The molecule has 0 amide bonds. The summed E-state index contributed by atoms with van der Waals surface area (Å²) in [6, 6.07) is 0.0285. The Morgan fingerprint density at radius 1 is 1.31 bits per heavy atom. The maximum atomic E-state index is 12.0. The van der Waals surface area contributed by atoms with Crippen LogP contribution in [0.25, 0.3) is 0 Å². The van der Waals surface area contributed by atoms with Gasteiger partial charge in [-0.25, -0.2) is 0 Å². The Morgan fingerprint density at radius 3 is 2.38 bits per heavy atom. The van der Waals surface area contributed by atoms with Crippen molar-refractivity contribution in [1.82, 2.24) is 4.90 Å². The minimum atomic E-state index is -4.06. The molecular formula is C11H21F3N2. The molecule has 96 valence electrons. The third-order valence-corrected chi connectivity index (χ3v) is 3.30. The number of halogens is 3. The van der Waals surface area contributed by atoms with E-state index < -0.39 is 12.6 Å². The SMILES string of the molecule is CN(CCC(F)(F)F)CC(N)C1CCCC1. The molecule has 1 aliphatic carbocycles. The molecule has 16 heavy (non-hydrogen) atoms. The molecule has 0 aromatic heterocycles. The van der Waals surface area contributed by atoms with E-state index in [9.17, 15) is 13.2 Å². The highest BCUT2D eigenvalue weighted by atomic mass is 19.4. The van der Waals surface area contributed by atoms with Crippen LogP contribution >= 0.6 is 0 Å². The summed E-state index contributed by atoms with van der Waals surface area (Å²) in [5.41, 5.74) is 6.00. The van der Waals surface area contributed by atoms with E-state index in [0.717, 1.165) is 12.8 Å². The molecule has 0 heterocycles. The molecule has 0 aromatic carbocycles. The van der Waals surface area contributed by atoms with Crippen molar-refractivity contribution in [1.29, 1.82) is 0 Å². The summed E-state index contributed by atoms with van der Waals surface area (Å²) in [7, 11) is 1.71. The lowest BCUT2D eigenvalue weighted by Gasteiger charge is -2.25. The lowest BCUT2D eigenvalue weighted by molar-refractivity contribution is -0.137. The molecule has 1 saturated carbocycles. The smallest absolute Gasteiger partial charge is 0.326 e. The minimum Gasteiger partial charge on any atom is -0.326 e. The molecule has 2 N–H and O–H groups in total. The van der Waals surface area contributed by atoms with Crippen molar-refractivity contribution in [3.8, 4) is 0 Å². The highest BCUT2D eigenvalue weighted by Crippen LogP contribution is 2.27. The van der Waals surface area contributed by atoms with Gasteiger partial charge in [-0.15, -0.1) is 0 Å². The predicted octanol–water partition coefficient (Wildman–Crippen LogP) is 2.39. The Balaban J connectivity index is 2.19. The first-order valence-corrected chi connectivity index (χ1v) is 5.89. The van der Waals surface area contributed by atoms with Crippen molar-refractivity contribution in [2.45, 2.75) is 44.3 Å². The highest BCUT2D eigenvalue weighted by Gasteiger charge is 2.28. The van der Waals surface area contributed by atoms with Gasteiger partial charge in [0, 0.05) is 19.1 Å². The van der Waals surface area contributed by atoms with E-state index in [1.54, 1.807) is 11.9 Å². The second-order valence-corrected chi connectivity index (χ2v) is 4.84. The predicted molar refractivity (Wildman–Crippen MR) is 58.1 cm³/mol. The normalized spacial score (nSPS) is 20.6. The Bertz CT molecular complexity index is 200. The van der Waals surface area contributed by atoms with Crippen molar-refractivity contribution in [3.63, 3.8) is 0 Å². The first kappa shape index (κ1) is 13.8. The van der Waals surface area contributed by atoms with Gasteiger partial charge in [-0.1, -0.05) is 12.8 Å². The number of nitrogens with zero attached hydrogens (tertiary/aromatic N) is 1. The van der Waals surface area contributed by atoms with Gasteiger partial charge in [0.05, 0.1) is 6.42 Å². The third-order valence-electron chi connectivity index (χ3n) is 3.30. The van der Waals surface area contributed by atoms with Crippen LogP contribution in [0.3, 0.4) is 0 Å². The van der Waals surface area contributed by atoms with Crippen molar-refractivity contribution >= 4 is 0 Å². The van der Waals surface area contributed by atoms with Crippen LogP contribution in [0.1, 0.15) is 32.1 Å². The largest absolute Gasteiger partial charge is 0.390 e. The fraction of sp³-hybridized carbons (Fsp3) is 1.00. The third kappa shape index (κ3) is 5.16. The van der Waals surface area contributed by atoms with Crippen LogP contribution in [0.2, 0.25) is 0 Å². The van der Waals surface area contributed by atoms with Crippen molar-refractivity contribution < 1.29 is 13.2 Å². The molecule has 5 heteroatoms. The van der Waals surface area contributed by atoms with E-state index >= 15 is 0 Å². The average Bonchev–Trinajstić information content (AvgIpc) is 2.66. The summed E-state index contributed by atoms with van der Waals surface area (Å²) in [5, 5.41) is 0. The van der Waals surface area contributed by atoms with E-state index in [1.807, 2.05) is 0 Å². The second kappa shape index (κ2) is 5.87. The van der Waals surface area contributed by atoms with Gasteiger partial charge in [-0.05, 0) is 25.8 Å². The number of nitrogens with two attached hydrogens (primary N) is 1. The summed E-state index contributed by atoms with van der Waals surface area (Å²) in [6.45, 7) is 0.616. The summed E-state index contributed by atoms with van der Waals surface area (Å²) < 4.78 is 36.0. The number of alkyl halides is 3. The first-order chi connectivity index (χ1) is 7.38. The molecule has 0 bridgehead atoms. The van der Waals surface area contributed by atoms with E-state index in [1.165, 1.54) is 12.8 Å². The molecule has 0 radical (unpaired) electrons. The minimum absolute atomic E-state index is 0.0285. The number of rotatable bonds is 5. The van der Waals surface area contributed by atoms with Gasteiger partial charge in [-0.2, -0.15) is 13.2 Å². The fourth-order valence-corrected chi connectivity index (χ4v) is 2.30. The van der Waals surface area contributed by atoms with Gasteiger partial charge in [-0.3, -0.25) is 0 Å². The maximum absolute atomic E-state index is 12.0. The lowest BCUT2D eigenvalue weighted by atomic mass is 9.98. The van der Waals surface area contributed by atoms with Gasteiger partial charge in [0.25, 0.3) is 0 Å².